The summed E-state index contributed by atoms with van der Waals surface area (Å²) in [6, 6.07) is 13.9. The molecule has 4 rings (SSSR count). The summed E-state index contributed by atoms with van der Waals surface area (Å²) in [6.45, 7) is 0.844. The SMILES string of the molecule is O=C(c1ccc(NC(=S)Nc2cccc([N+](=O)[O-])c2)cc1)N1CCC[C@@H]2CCCC[C@@H]21. The molecule has 2 aromatic rings. The first-order valence-corrected chi connectivity index (χ1v) is 11.2. The number of piperidine rings is 1. The van der Waals surface area contributed by atoms with Crippen LogP contribution in [-0.2, 0) is 0 Å². The zero-order valence-electron chi connectivity index (χ0n) is 17.3. The van der Waals surface area contributed by atoms with Crippen LogP contribution in [0.3, 0.4) is 0 Å². The highest BCUT2D eigenvalue weighted by Crippen LogP contribution is 2.36. The lowest BCUT2D eigenvalue weighted by Gasteiger charge is -2.44. The summed E-state index contributed by atoms with van der Waals surface area (Å²) >= 11 is 5.31. The van der Waals surface area contributed by atoms with Crippen molar-refractivity contribution in [3.8, 4) is 0 Å². The van der Waals surface area contributed by atoms with Crippen LogP contribution < -0.4 is 10.6 Å². The number of thiocarbonyl (C=S) groups is 1. The smallest absolute Gasteiger partial charge is 0.271 e. The second kappa shape index (κ2) is 9.43. The molecule has 2 N–H and O–H groups in total. The van der Waals surface area contributed by atoms with Gasteiger partial charge in [0.15, 0.2) is 5.11 Å². The van der Waals surface area contributed by atoms with Crippen LogP contribution in [0.2, 0.25) is 0 Å². The number of nitrogens with zero attached hydrogens (tertiary/aromatic N) is 2. The van der Waals surface area contributed by atoms with E-state index in [-0.39, 0.29) is 11.6 Å². The molecule has 1 saturated carbocycles. The minimum Gasteiger partial charge on any atom is -0.335 e. The molecule has 2 aromatic carbocycles. The van der Waals surface area contributed by atoms with Gasteiger partial charge in [0, 0.05) is 41.7 Å². The minimum absolute atomic E-state index is 0.00594. The van der Waals surface area contributed by atoms with Crippen molar-refractivity contribution in [3.63, 3.8) is 0 Å². The lowest BCUT2D eigenvalue weighted by Crippen LogP contribution is -2.49. The molecule has 1 aliphatic carbocycles. The van der Waals surface area contributed by atoms with E-state index < -0.39 is 4.92 Å². The highest BCUT2D eigenvalue weighted by molar-refractivity contribution is 7.80. The highest BCUT2D eigenvalue weighted by atomic mass is 32.1. The van der Waals surface area contributed by atoms with Gasteiger partial charge in [0.05, 0.1) is 4.92 Å². The minimum atomic E-state index is -0.449. The zero-order chi connectivity index (χ0) is 21.8. The maximum atomic E-state index is 13.1. The number of carbonyl (C=O) groups excluding carboxylic acids is 1. The molecule has 8 heteroatoms. The van der Waals surface area contributed by atoms with E-state index in [2.05, 4.69) is 15.5 Å². The van der Waals surface area contributed by atoms with Crippen molar-refractivity contribution in [1.29, 1.82) is 0 Å². The van der Waals surface area contributed by atoms with Crippen LogP contribution in [0.15, 0.2) is 48.5 Å². The molecule has 2 atom stereocenters. The molecular weight excluding hydrogens is 412 g/mol. The average Bonchev–Trinajstić information content (AvgIpc) is 2.79. The van der Waals surface area contributed by atoms with Crippen LogP contribution in [0.1, 0.15) is 48.9 Å². The Labute approximate surface area is 187 Å². The van der Waals surface area contributed by atoms with E-state index in [0.717, 1.165) is 25.1 Å². The Balaban J connectivity index is 1.37. The fourth-order valence-electron chi connectivity index (χ4n) is 4.73. The molecule has 0 spiro atoms. The lowest BCUT2D eigenvalue weighted by molar-refractivity contribution is -0.384. The van der Waals surface area contributed by atoms with E-state index in [1.54, 1.807) is 12.1 Å². The van der Waals surface area contributed by atoms with Gasteiger partial charge in [-0.2, -0.15) is 0 Å². The first-order valence-electron chi connectivity index (χ1n) is 10.7. The van der Waals surface area contributed by atoms with Crippen LogP contribution in [0.4, 0.5) is 17.1 Å². The Morgan fingerprint density at radius 2 is 1.71 bits per heavy atom. The molecule has 0 unspecified atom stereocenters. The molecule has 162 valence electrons. The number of nitrogens with one attached hydrogen (secondary N) is 2. The van der Waals surface area contributed by atoms with Crippen molar-refractivity contribution in [3.05, 3.63) is 64.2 Å². The molecule has 0 aromatic heterocycles. The van der Waals surface area contributed by atoms with Gasteiger partial charge >= 0.3 is 0 Å². The number of hydrogen-bond acceptors (Lipinski definition) is 4. The van der Waals surface area contributed by atoms with Gasteiger partial charge in [0.1, 0.15) is 0 Å². The molecular formula is C23H26N4O3S. The maximum absolute atomic E-state index is 13.1. The van der Waals surface area contributed by atoms with Gasteiger partial charge < -0.3 is 15.5 Å². The first-order chi connectivity index (χ1) is 15.0. The van der Waals surface area contributed by atoms with Crippen LogP contribution in [0, 0.1) is 16.0 Å². The largest absolute Gasteiger partial charge is 0.335 e. The highest BCUT2D eigenvalue weighted by Gasteiger charge is 2.35. The summed E-state index contributed by atoms with van der Waals surface area (Å²) in [4.78, 5) is 25.7. The summed E-state index contributed by atoms with van der Waals surface area (Å²) < 4.78 is 0. The summed E-state index contributed by atoms with van der Waals surface area (Å²) in [6.07, 6.45) is 7.19. The number of likely N-dealkylation sites (tertiary alicyclic amines) is 1. The fourth-order valence-corrected chi connectivity index (χ4v) is 4.97. The van der Waals surface area contributed by atoms with Crippen molar-refractivity contribution in [2.75, 3.05) is 17.2 Å². The van der Waals surface area contributed by atoms with Crippen molar-refractivity contribution < 1.29 is 9.72 Å². The Kier molecular flexibility index (Phi) is 6.46. The number of nitro groups is 1. The van der Waals surface area contributed by atoms with E-state index in [0.29, 0.717) is 28.3 Å². The van der Waals surface area contributed by atoms with Gasteiger partial charge in [-0.1, -0.05) is 18.9 Å². The van der Waals surface area contributed by atoms with E-state index in [9.17, 15) is 14.9 Å². The number of carbonyl (C=O) groups is 1. The van der Waals surface area contributed by atoms with Gasteiger partial charge in [-0.05, 0) is 74.2 Å². The Bertz CT molecular complexity index is 977. The molecule has 31 heavy (non-hydrogen) atoms. The zero-order valence-corrected chi connectivity index (χ0v) is 18.1. The van der Waals surface area contributed by atoms with Gasteiger partial charge in [-0.3, -0.25) is 14.9 Å². The van der Waals surface area contributed by atoms with Crippen molar-refractivity contribution in [2.24, 2.45) is 5.92 Å². The van der Waals surface area contributed by atoms with Crippen molar-refractivity contribution >= 4 is 40.3 Å². The number of hydrogen-bond donors (Lipinski definition) is 2. The quantitative estimate of drug-likeness (QED) is 0.388. The standard InChI is InChI=1S/C23H26N4O3S/c28-22(26-14-4-6-16-5-1-2-9-21(16)26)17-10-12-18(13-11-17)24-23(31)25-19-7-3-8-20(15-19)27(29)30/h3,7-8,10-13,15-16,21H,1-2,4-6,9,14H2,(H2,24,25,31)/t16-,21-/m0/s1. The summed E-state index contributed by atoms with van der Waals surface area (Å²) in [5.41, 5.74) is 1.96. The number of nitro benzene ring substituents is 1. The molecule has 1 heterocycles. The molecule has 1 saturated heterocycles. The topological polar surface area (TPSA) is 87.5 Å². The summed E-state index contributed by atoms with van der Waals surface area (Å²) in [5.74, 6) is 0.769. The lowest BCUT2D eigenvalue weighted by atomic mass is 9.78. The molecule has 1 aliphatic heterocycles. The second-order valence-corrected chi connectivity index (χ2v) is 8.62. The number of rotatable bonds is 4. The fraction of sp³-hybridized carbons (Fsp3) is 0.391. The van der Waals surface area contributed by atoms with Gasteiger partial charge in [-0.15, -0.1) is 0 Å². The molecule has 0 bridgehead atoms. The molecule has 7 nitrogen and oxygen atoms in total. The van der Waals surface area contributed by atoms with Gasteiger partial charge in [0.25, 0.3) is 11.6 Å². The number of anilines is 2. The number of benzene rings is 2. The van der Waals surface area contributed by atoms with Crippen LogP contribution in [-0.4, -0.2) is 33.4 Å². The second-order valence-electron chi connectivity index (χ2n) is 8.22. The third-order valence-electron chi connectivity index (χ3n) is 6.21. The molecule has 2 aliphatic rings. The number of amides is 1. The van der Waals surface area contributed by atoms with E-state index in [1.165, 1.54) is 37.8 Å². The maximum Gasteiger partial charge on any atom is 0.271 e. The number of non-ortho nitro benzene ring substituents is 1. The average molecular weight is 439 g/mol. The predicted octanol–water partition coefficient (Wildman–Crippen LogP) is 5.20. The Morgan fingerprint density at radius 1 is 1.00 bits per heavy atom. The van der Waals surface area contributed by atoms with Crippen molar-refractivity contribution in [1.82, 2.24) is 4.90 Å². The van der Waals surface area contributed by atoms with Crippen molar-refractivity contribution in [2.45, 2.75) is 44.6 Å². The van der Waals surface area contributed by atoms with E-state index in [4.69, 9.17) is 12.2 Å². The first kappa shape index (κ1) is 21.2. The molecule has 2 fully saturated rings. The monoisotopic (exact) mass is 438 g/mol. The summed E-state index contributed by atoms with van der Waals surface area (Å²) in [7, 11) is 0. The number of fused-ring (bicyclic) bond motifs is 1. The van der Waals surface area contributed by atoms with Crippen LogP contribution in [0.5, 0.6) is 0 Å². The van der Waals surface area contributed by atoms with Crippen LogP contribution >= 0.6 is 12.2 Å². The Hall–Kier alpha value is -3.00. The normalized spacial score (nSPS) is 20.5. The summed E-state index contributed by atoms with van der Waals surface area (Å²) in [5, 5.41) is 17.2. The molecule has 1 amide bonds. The van der Waals surface area contributed by atoms with E-state index in [1.807, 2.05) is 24.3 Å². The predicted molar refractivity (Wildman–Crippen MR) is 125 cm³/mol. The van der Waals surface area contributed by atoms with Crippen LogP contribution in [0.25, 0.3) is 0 Å². The Morgan fingerprint density at radius 3 is 2.48 bits per heavy atom. The van der Waals surface area contributed by atoms with Gasteiger partial charge in [-0.25, -0.2) is 0 Å². The van der Waals surface area contributed by atoms with E-state index >= 15 is 0 Å². The third-order valence-corrected chi connectivity index (χ3v) is 6.41. The van der Waals surface area contributed by atoms with Gasteiger partial charge in [0.2, 0.25) is 0 Å². The third kappa shape index (κ3) is 5.02. The molecule has 0 radical (unpaired) electrons.